The zero-order chi connectivity index (χ0) is 23.8. The Morgan fingerprint density at radius 3 is 2.89 bits per heavy atom. The van der Waals surface area contributed by atoms with Crippen LogP contribution in [0.2, 0.25) is 5.02 Å². The number of amides is 2. The van der Waals surface area contributed by atoms with Gasteiger partial charge in [0.1, 0.15) is 6.33 Å². The topological polar surface area (TPSA) is 110 Å². The van der Waals surface area contributed by atoms with Crippen molar-refractivity contribution < 1.29 is 4.79 Å². The Kier molecular flexibility index (Phi) is 5.93. The highest BCUT2D eigenvalue weighted by atomic mass is 35.5. The molecule has 0 spiro atoms. The smallest absolute Gasteiger partial charge is 0.321 e. The predicted octanol–water partition coefficient (Wildman–Crippen LogP) is 4.08. The number of anilines is 1. The Morgan fingerprint density at radius 2 is 2.09 bits per heavy atom. The number of halogens is 1. The number of nitrogens with one attached hydrogen (secondary N) is 3. The fourth-order valence-corrected chi connectivity index (χ4v) is 5.94. The third-order valence-corrected chi connectivity index (χ3v) is 7.65. The number of benzene rings is 1. The Bertz CT molecular complexity index is 1380. The van der Waals surface area contributed by atoms with Crippen LogP contribution in [-0.2, 0) is 12.8 Å². The maximum Gasteiger partial charge on any atom is 0.321 e. The predicted molar refractivity (Wildman–Crippen MR) is 136 cm³/mol. The molecular weight excluding hydrogens is 484 g/mol. The van der Waals surface area contributed by atoms with E-state index < -0.39 is 0 Å². The number of hydrogen-bond acceptors (Lipinski definition) is 7. The number of urea groups is 1. The monoisotopic (exact) mass is 506 g/mol. The van der Waals surface area contributed by atoms with Gasteiger partial charge in [0.25, 0.3) is 0 Å². The Balaban J connectivity index is 1.36. The summed E-state index contributed by atoms with van der Waals surface area (Å²) in [7, 11) is 0. The molecule has 1 aliphatic heterocycles. The van der Waals surface area contributed by atoms with Crippen LogP contribution in [0.5, 0.6) is 0 Å². The minimum Gasteiger partial charge on any atom is -0.336 e. The van der Waals surface area contributed by atoms with Gasteiger partial charge in [0, 0.05) is 36.1 Å². The lowest BCUT2D eigenvalue weighted by molar-refractivity contribution is 0.251. The molecule has 3 N–H and O–H groups in total. The SMILES string of the molecule is O=C(NCC1CCCN1)Nc1nc2c(s1)-c1c(c(-c3cncnc3)nn1-c1ccccc1Cl)CC2. The van der Waals surface area contributed by atoms with Crippen LogP contribution in [0.15, 0.2) is 43.0 Å². The van der Waals surface area contributed by atoms with Crippen molar-refractivity contribution in [2.45, 2.75) is 31.7 Å². The third kappa shape index (κ3) is 4.29. The first-order valence-corrected chi connectivity index (χ1v) is 12.8. The number of fused-ring (bicyclic) bond motifs is 3. The number of rotatable bonds is 5. The number of hydrogen-bond donors (Lipinski definition) is 3. The Hall–Kier alpha value is -3.34. The summed E-state index contributed by atoms with van der Waals surface area (Å²) in [5.41, 5.74) is 5.44. The average Bonchev–Trinajstić information content (AvgIpc) is 3.62. The molecule has 1 atom stereocenters. The molecule has 4 heterocycles. The van der Waals surface area contributed by atoms with Gasteiger partial charge in [-0.05, 0) is 44.4 Å². The third-order valence-electron chi connectivity index (χ3n) is 6.31. The van der Waals surface area contributed by atoms with Crippen LogP contribution in [0.4, 0.5) is 9.93 Å². The molecule has 6 rings (SSSR count). The normalized spacial score (nSPS) is 16.5. The molecule has 1 unspecified atom stereocenters. The largest absolute Gasteiger partial charge is 0.336 e. The molecule has 0 bridgehead atoms. The molecule has 4 aromatic rings. The summed E-state index contributed by atoms with van der Waals surface area (Å²) in [6.45, 7) is 1.61. The highest BCUT2D eigenvalue weighted by Crippen LogP contribution is 2.44. The number of carbonyl (C=O) groups excluding carboxylic acids is 1. The van der Waals surface area contributed by atoms with Crippen molar-refractivity contribution in [1.29, 1.82) is 0 Å². The molecule has 1 fully saturated rings. The second-order valence-corrected chi connectivity index (χ2v) is 10.00. The summed E-state index contributed by atoms with van der Waals surface area (Å²) in [6.07, 6.45) is 8.79. The highest BCUT2D eigenvalue weighted by Gasteiger charge is 2.30. The van der Waals surface area contributed by atoms with E-state index in [2.05, 4.69) is 25.9 Å². The molecule has 2 amide bonds. The first-order chi connectivity index (χ1) is 17.2. The van der Waals surface area contributed by atoms with Crippen molar-refractivity contribution in [3.05, 3.63) is 59.3 Å². The van der Waals surface area contributed by atoms with Crippen molar-refractivity contribution >= 4 is 34.1 Å². The number of aryl methyl sites for hydroxylation is 1. The van der Waals surface area contributed by atoms with Gasteiger partial charge >= 0.3 is 6.03 Å². The van der Waals surface area contributed by atoms with E-state index in [9.17, 15) is 4.79 Å². The first-order valence-electron chi connectivity index (χ1n) is 11.6. The van der Waals surface area contributed by atoms with Crippen molar-refractivity contribution in [2.24, 2.45) is 0 Å². The quantitative estimate of drug-likeness (QED) is 0.376. The highest BCUT2D eigenvalue weighted by molar-refractivity contribution is 7.19. The van der Waals surface area contributed by atoms with E-state index in [-0.39, 0.29) is 6.03 Å². The Labute approximate surface area is 211 Å². The number of thiazole rings is 1. The molecule has 0 saturated carbocycles. The molecule has 35 heavy (non-hydrogen) atoms. The molecule has 2 aliphatic rings. The fourth-order valence-electron chi connectivity index (χ4n) is 4.66. The maximum absolute atomic E-state index is 12.5. The van der Waals surface area contributed by atoms with Crippen LogP contribution in [0, 0.1) is 0 Å². The lowest BCUT2D eigenvalue weighted by atomic mass is 9.96. The molecule has 1 aromatic carbocycles. The van der Waals surface area contributed by atoms with Gasteiger partial charge in [-0.1, -0.05) is 35.1 Å². The fraction of sp³-hybridized carbons (Fsp3) is 0.292. The van der Waals surface area contributed by atoms with Crippen molar-refractivity contribution in [3.8, 4) is 27.5 Å². The molecule has 1 aliphatic carbocycles. The molecule has 11 heteroatoms. The molecule has 9 nitrogen and oxygen atoms in total. The van der Waals surface area contributed by atoms with Crippen molar-refractivity contribution in [2.75, 3.05) is 18.4 Å². The van der Waals surface area contributed by atoms with Crippen LogP contribution in [0.1, 0.15) is 24.1 Å². The van der Waals surface area contributed by atoms with Crippen LogP contribution < -0.4 is 16.0 Å². The van der Waals surface area contributed by atoms with E-state index >= 15 is 0 Å². The van der Waals surface area contributed by atoms with Crippen molar-refractivity contribution in [3.63, 3.8) is 0 Å². The van der Waals surface area contributed by atoms with E-state index in [1.165, 1.54) is 17.7 Å². The van der Waals surface area contributed by atoms with Crippen LogP contribution in [-0.4, -0.2) is 49.9 Å². The average molecular weight is 507 g/mol. The zero-order valence-corrected chi connectivity index (χ0v) is 20.4. The van der Waals surface area contributed by atoms with E-state index in [4.69, 9.17) is 21.7 Å². The van der Waals surface area contributed by atoms with Gasteiger partial charge < -0.3 is 10.6 Å². The summed E-state index contributed by atoms with van der Waals surface area (Å²) in [4.78, 5) is 26.6. The molecular formula is C24H23ClN8OS. The number of para-hydroxylation sites is 1. The summed E-state index contributed by atoms with van der Waals surface area (Å²) < 4.78 is 1.88. The lowest BCUT2D eigenvalue weighted by Gasteiger charge is -2.14. The van der Waals surface area contributed by atoms with E-state index in [0.29, 0.717) is 22.7 Å². The van der Waals surface area contributed by atoms with Gasteiger partial charge in [-0.15, -0.1) is 0 Å². The van der Waals surface area contributed by atoms with Gasteiger partial charge in [0.15, 0.2) is 5.13 Å². The number of carbonyl (C=O) groups is 1. The first kappa shape index (κ1) is 22.1. The van der Waals surface area contributed by atoms with E-state index in [1.807, 2.05) is 28.9 Å². The van der Waals surface area contributed by atoms with Gasteiger partial charge in [0.05, 0.1) is 32.7 Å². The molecule has 3 aromatic heterocycles. The van der Waals surface area contributed by atoms with E-state index in [1.54, 1.807) is 12.4 Å². The van der Waals surface area contributed by atoms with Gasteiger partial charge in [-0.25, -0.2) is 24.4 Å². The summed E-state index contributed by atoms with van der Waals surface area (Å²) in [5, 5.41) is 15.4. The van der Waals surface area contributed by atoms with Gasteiger partial charge in [-0.3, -0.25) is 5.32 Å². The van der Waals surface area contributed by atoms with Gasteiger partial charge in [0.2, 0.25) is 0 Å². The van der Waals surface area contributed by atoms with E-state index in [0.717, 1.165) is 71.0 Å². The second-order valence-electron chi connectivity index (χ2n) is 8.59. The molecule has 178 valence electrons. The van der Waals surface area contributed by atoms with Crippen LogP contribution in [0.25, 0.3) is 27.5 Å². The van der Waals surface area contributed by atoms with Crippen LogP contribution >= 0.6 is 22.9 Å². The van der Waals surface area contributed by atoms with Crippen LogP contribution in [0.3, 0.4) is 0 Å². The summed E-state index contributed by atoms with van der Waals surface area (Å²) >= 11 is 8.03. The minimum atomic E-state index is -0.244. The van der Waals surface area contributed by atoms with Crippen molar-refractivity contribution in [1.82, 2.24) is 35.4 Å². The summed E-state index contributed by atoms with van der Waals surface area (Å²) in [5.74, 6) is 0. The zero-order valence-electron chi connectivity index (χ0n) is 18.8. The second kappa shape index (κ2) is 9.37. The standard InChI is InChI=1S/C24H23ClN8OS/c25-17-5-1-2-6-19(17)33-21-16(20(32-33)14-10-26-13-27-11-14)7-8-18-22(21)35-24(30-18)31-23(34)29-12-15-4-3-9-28-15/h1-2,5-6,10-11,13,15,28H,3-4,7-9,12H2,(H2,29,30,31,34). The van der Waals surface area contributed by atoms with Gasteiger partial charge in [-0.2, -0.15) is 5.10 Å². The maximum atomic E-state index is 12.5. The molecule has 1 saturated heterocycles. The summed E-state index contributed by atoms with van der Waals surface area (Å²) in [6, 6.07) is 7.72. The Morgan fingerprint density at radius 1 is 1.23 bits per heavy atom. The number of nitrogens with zero attached hydrogens (tertiary/aromatic N) is 5. The molecule has 0 radical (unpaired) electrons. The minimum absolute atomic E-state index is 0.244. The lowest BCUT2D eigenvalue weighted by Crippen LogP contribution is -2.39. The number of aromatic nitrogens is 5.